The van der Waals surface area contributed by atoms with Crippen molar-refractivity contribution in [3.63, 3.8) is 0 Å². The van der Waals surface area contributed by atoms with Gasteiger partial charge in [-0.3, -0.25) is 47.1 Å². The highest BCUT2D eigenvalue weighted by Crippen LogP contribution is 2.55. The second-order valence-corrected chi connectivity index (χ2v) is 42.8. The number of nitrogens with zero attached hydrogens (tertiary/aromatic N) is 1. The number of carbonyl (C=O) groups excluding carboxylic acids is 8. The number of fused-ring (bicyclic) bond motifs is 6. The summed E-state index contributed by atoms with van der Waals surface area (Å²) in [6, 6.07) is 82.9. The van der Waals surface area contributed by atoms with Crippen molar-refractivity contribution in [1.82, 2.24) is 4.57 Å². The number of aromatic nitrogens is 1. The van der Waals surface area contributed by atoms with Gasteiger partial charge < -0.3 is 4.74 Å². The zero-order valence-electron chi connectivity index (χ0n) is 85.1. The molecular weight excluding hydrogens is 1820 g/mol. The van der Waals surface area contributed by atoms with E-state index in [1.807, 2.05) is 276 Å². The Kier molecular flexibility index (Phi) is 38.6. The number of rotatable bonds is 28. The lowest BCUT2D eigenvalue weighted by Gasteiger charge is -2.49. The molecule has 16 heteroatoms. The first kappa shape index (κ1) is 109. The summed E-state index contributed by atoms with van der Waals surface area (Å²) in [5.74, 6) is 2.46. The van der Waals surface area contributed by atoms with Crippen molar-refractivity contribution in [2.24, 2.45) is 47.3 Å². The largest absolute Gasteiger partial charge is 0.374 e. The number of allylic oxidation sites excluding steroid dienone is 3. The fourth-order valence-corrected chi connectivity index (χ4v) is 20.4. The Bertz CT molecular complexity index is 6670. The van der Waals surface area contributed by atoms with Crippen LogP contribution in [0.3, 0.4) is 0 Å². The molecule has 2 aromatic heterocycles. The third-order valence-corrected chi connectivity index (χ3v) is 30.1. The quantitative estimate of drug-likeness (QED) is 0.0430. The van der Waals surface area contributed by atoms with Gasteiger partial charge in [-0.05, 0) is 244 Å². The second-order valence-electron chi connectivity index (χ2n) is 39.6. The number of ether oxygens (including phenoxy) is 1. The summed E-state index contributed by atoms with van der Waals surface area (Å²) in [4.78, 5) is 100. The predicted octanol–water partition coefficient (Wildman–Crippen LogP) is 30.3. The van der Waals surface area contributed by atoms with E-state index < -0.39 is 10.8 Å². The van der Waals surface area contributed by atoms with Gasteiger partial charge in [0.15, 0.2) is 0 Å². The molecule has 16 rings (SSSR count). The SMILES string of the molecule is CC(C)C(=O)C(C)c1ccc(C(=O)c2cccs2)cc1.CC(C)C(=O)Cc1ccccc1Cc1c(Cl)cccc1Cl.CC1=C(CC(=O)C(C)C)c2cc(F)ccc2C1=Cc1ccc(S(C)=O)cc1.CCC1(CC(=O)C(C)C)OCC(Cc2ccccc2)C2c3ccccc3CC21.Cc1ccc(C(=O)n2c(C)c(CC(=O)C(C)C)c3cc(C)ccc32)cc1.Cc1ccc2cc(C(C)C(=O)C(C)C)ccc2c1. The summed E-state index contributed by atoms with van der Waals surface area (Å²) in [5, 5.41) is 6.66. The Hall–Kier alpha value is -11.6. The molecule has 1 fully saturated rings. The zero-order chi connectivity index (χ0) is 102. The van der Waals surface area contributed by atoms with Crippen molar-refractivity contribution >= 4 is 131 Å². The van der Waals surface area contributed by atoms with Crippen LogP contribution in [0.25, 0.3) is 38.9 Å². The number of Topliss-reactive ketones (excluding diaryl/α,β-unsaturated/α-hetero) is 6. The van der Waals surface area contributed by atoms with Crippen molar-refractivity contribution in [3.05, 3.63) is 387 Å². The van der Waals surface area contributed by atoms with Crippen LogP contribution in [-0.4, -0.2) is 73.6 Å². The van der Waals surface area contributed by atoms with E-state index >= 15 is 0 Å². The third-order valence-electron chi connectivity index (χ3n) is 27.6. The standard InChI is InChI=1S/C26H32O2.C23H23FO2S.C23H25NO2.C18H18Cl2O.C17H18O2S.C17H20O/c1-4-26(16-24(27)18(2)3)23-15-20-12-8-9-13-22(20)25(23)21(17-28-26)14-19-10-6-5-7-11-19;1-14(2)23(25)13-21-15(3)20(19-10-7-17(24)12-22(19)21)11-16-5-8-18(9-6-16)27(4)26;1-14(2)22(25)13-19-17(5)24(21-11-8-16(4)12-20(19)21)23(26)18-9-6-15(3)7-10-18;1-12(2)18(21)11-14-7-4-3-6-13(14)10-15-16(19)8-5-9-17(15)20;1-11(2)16(18)12(3)13-6-8-14(9-7-13)17(19)15-5-4-10-20-15;1-11(2)17(18)13(4)14-7-8-15-9-12(3)5-6-16(15)10-14/h5-13,18,21,23,25H,4,14-17H2,1-3H3;5-12,14H,13H2,1-4H3;6-12,14H,13H2,1-5H3;3-9,12H,10-11H2,1-2H3;4-12H,1-3H3;5-11,13H,1-4H3. The van der Waals surface area contributed by atoms with E-state index in [4.69, 9.17) is 27.9 Å². The molecule has 13 aromatic rings. The molecule has 0 radical (unpaired) electrons. The molecule has 3 heterocycles. The van der Waals surface area contributed by atoms with Crippen molar-refractivity contribution in [1.29, 1.82) is 0 Å². The predicted molar refractivity (Wildman–Crippen MR) is 578 cm³/mol. The van der Waals surface area contributed by atoms with Crippen LogP contribution < -0.4 is 0 Å². The first-order chi connectivity index (χ1) is 66.6. The molecule has 0 saturated carbocycles. The minimum absolute atomic E-state index is 0.0179. The lowest BCUT2D eigenvalue weighted by molar-refractivity contribution is -0.162. The van der Waals surface area contributed by atoms with Crippen LogP contribution in [0.5, 0.6) is 0 Å². The molecule has 0 bridgehead atoms. The molecule has 1 aliphatic heterocycles. The monoisotopic (exact) mass is 1950 g/mol. The topological polar surface area (TPSA) is 168 Å². The maximum Gasteiger partial charge on any atom is 0.262 e. The van der Waals surface area contributed by atoms with Gasteiger partial charge >= 0.3 is 0 Å². The number of benzene rings is 11. The Morgan fingerprint density at radius 3 is 1.67 bits per heavy atom. The van der Waals surface area contributed by atoms with Crippen LogP contribution in [0.4, 0.5) is 4.39 Å². The molecule has 11 nitrogen and oxygen atoms in total. The van der Waals surface area contributed by atoms with Gasteiger partial charge in [0.1, 0.15) is 40.5 Å². The highest BCUT2D eigenvalue weighted by molar-refractivity contribution is 7.84. The van der Waals surface area contributed by atoms with Crippen molar-refractivity contribution in [2.75, 3.05) is 12.9 Å². The van der Waals surface area contributed by atoms with E-state index in [9.17, 15) is 47.0 Å². The van der Waals surface area contributed by atoms with Crippen LogP contribution in [-0.2, 0) is 76.4 Å². The highest BCUT2D eigenvalue weighted by Gasteiger charge is 2.54. The summed E-state index contributed by atoms with van der Waals surface area (Å²) >= 11 is 13.9. The van der Waals surface area contributed by atoms with Crippen LogP contribution in [0, 0.1) is 80.9 Å². The Morgan fingerprint density at radius 2 is 1.06 bits per heavy atom. The number of halogens is 3. The molecule has 7 unspecified atom stereocenters. The minimum atomic E-state index is -1.01. The minimum Gasteiger partial charge on any atom is -0.374 e. The molecular formula is C124H136Cl2FNO10S2. The number of aryl methyl sites for hydroxylation is 3. The van der Waals surface area contributed by atoms with Gasteiger partial charge in [0.25, 0.3) is 5.91 Å². The summed E-state index contributed by atoms with van der Waals surface area (Å²) < 4.78 is 33.8. The van der Waals surface area contributed by atoms with Crippen LogP contribution in [0.2, 0.25) is 10.0 Å². The van der Waals surface area contributed by atoms with Gasteiger partial charge in [0.05, 0.1) is 22.6 Å². The number of hydrogen-bond donors (Lipinski definition) is 0. The van der Waals surface area contributed by atoms with Gasteiger partial charge in [-0.2, -0.15) is 0 Å². The summed E-state index contributed by atoms with van der Waals surface area (Å²) in [7, 11) is -1.01. The fourth-order valence-electron chi connectivity index (χ4n) is 18.7. The maximum absolute atomic E-state index is 13.9. The molecule has 1 saturated heterocycles. The maximum atomic E-state index is 13.9. The van der Waals surface area contributed by atoms with E-state index in [1.54, 1.807) is 16.9 Å². The van der Waals surface area contributed by atoms with Crippen molar-refractivity contribution in [3.8, 4) is 0 Å². The molecule has 0 spiro atoms. The molecule has 2 aliphatic carbocycles. The summed E-state index contributed by atoms with van der Waals surface area (Å²) in [6.07, 6.45) is 8.98. The lowest BCUT2D eigenvalue weighted by atomic mass is 9.66. The number of carbonyl (C=O) groups is 8. The summed E-state index contributed by atoms with van der Waals surface area (Å²) in [6.45, 7) is 40.1. The second kappa shape index (κ2) is 49.7. The lowest BCUT2D eigenvalue weighted by Crippen LogP contribution is -2.51. The van der Waals surface area contributed by atoms with Crippen molar-refractivity contribution in [2.45, 2.75) is 218 Å². The number of ketones is 7. The van der Waals surface area contributed by atoms with E-state index in [2.05, 4.69) is 111 Å². The average Bonchev–Trinajstić information content (AvgIpc) is 1.58. The van der Waals surface area contributed by atoms with Gasteiger partial charge in [0, 0.05) is 134 Å². The van der Waals surface area contributed by atoms with Gasteiger partial charge in [-0.15, -0.1) is 11.3 Å². The van der Waals surface area contributed by atoms with Crippen molar-refractivity contribution < 1.29 is 51.7 Å². The van der Waals surface area contributed by atoms with E-state index in [0.717, 1.165) is 130 Å². The van der Waals surface area contributed by atoms with Crippen LogP contribution in [0.1, 0.15) is 263 Å². The fraction of sp³-hybridized carbons (Fsp3) is 0.339. The molecule has 730 valence electrons. The molecule has 7 atom stereocenters. The Labute approximate surface area is 845 Å². The van der Waals surface area contributed by atoms with E-state index in [0.29, 0.717) is 82.6 Å². The average molecular weight is 1950 g/mol. The van der Waals surface area contributed by atoms with Crippen LogP contribution in [0.15, 0.2) is 271 Å². The molecule has 0 N–H and O–H groups in total. The molecule has 0 amide bonds. The Morgan fingerprint density at radius 1 is 0.514 bits per heavy atom. The smallest absolute Gasteiger partial charge is 0.262 e. The van der Waals surface area contributed by atoms with Gasteiger partial charge in [0.2, 0.25) is 5.78 Å². The molecule has 3 aliphatic rings. The normalized spacial score (nSPS) is 16.0. The van der Waals surface area contributed by atoms with E-state index in [1.165, 1.54) is 56.5 Å². The Balaban J connectivity index is 0.000000162. The number of hydrogen-bond acceptors (Lipinski definition) is 11. The summed E-state index contributed by atoms with van der Waals surface area (Å²) in [5.41, 5.74) is 22.3. The zero-order valence-corrected chi connectivity index (χ0v) is 88.2. The molecule has 11 aromatic carbocycles. The first-order valence-corrected chi connectivity index (χ1v) is 52.3. The number of thiophene rings is 1. The van der Waals surface area contributed by atoms with Gasteiger partial charge in [-0.25, -0.2) is 4.39 Å². The van der Waals surface area contributed by atoms with E-state index in [-0.39, 0.29) is 93.6 Å². The third kappa shape index (κ3) is 27.4. The highest BCUT2D eigenvalue weighted by atomic mass is 35.5. The van der Waals surface area contributed by atoms with Gasteiger partial charge in [-0.1, -0.05) is 332 Å². The first-order valence-electron chi connectivity index (χ1n) is 49.1. The molecule has 140 heavy (non-hydrogen) atoms. The van der Waals surface area contributed by atoms with Crippen LogP contribution >= 0.6 is 34.5 Å².